The summed E-state index contributed by atoms with van der Waals surface area (Å²) in [5.41, 5.74) is 0. The van der Waals surface area contributed by atoms with Crippen molar-refractivity contribution in [1.82, 2.24) is 0 Å². The number of hydrogen-bond acceptors (Lipinski definition) is 2. The standard InChI is InChI=1S/C5H6N2/c6-4-2-1-3-5-7/h1-3H2. The summed E-state index contributed by atoms with van der Waals surface area (Å²) in [4.78, 5) is 0. The lowest BCUT2D eigenvalue weighted by molar-refractivity contribution is 0.885. The van der Waals surface area contributed by atoms with E-state index in [-0.39, 0.29) is 0 Å². The molecule has 0 aliphatic rings. The van der Waals surface area contributed by atoms with E-state index in [1.165, 1.54) is 0 Å². The fourth-order valence-electron chi connectivity index (χ4n) is 0.247. The van der Waals surface area contributed by atoms with Crippen LogP contribution in [0, 0.1) is 22.7 Å². The van der Waals surface area contributed by atoms with Crippen molar-refractivity contribution in [2.45, 2.75) is 19.3 Å². The second-order valence-corrected chi connectivity index (χ2v) is 1.17. The van der Waals surface area contributed by atoms with E-state index < -0.39 is 0 Å². The molecule has 0 amide bonds. The van der Waals surface area contributed by atoms with Gasteiger partial charge in [-0.2, -0.15) is 10.5 Å². The molecular weight excluding hydrogens is 88.1 g/mol. The Bertz CT molecular complexity index is 90.2. The Balaban J connectivity index is 2.77. The SMILES string of the molecule is N#CCCCC#N. The Kier molecular flexibility index (Phi) is 4.25. The molecule has 0 aromatic rings. The molecule has 0 atom stereocenters. The van der Waals surface area contributed by atoms with Gasteiger partial charge < -0.3 is 0 Å². The van der Waals surface area contributed by atoms with Gasteiger partial charge in [-0.15, -0.1) is 0 Å². The molecule has 0 aromatic carbocycles. The average Bonchev–Trinajstić information content (AvgIpc) is 1.69. The fraction of sp³-hybridized carbons (Fsp3) is 0.600. The van der Waals surface area contributed by atoms with Crippen LogP contribution in [0.2, 0.25) is 0 Å². The predicted molar refractivity (Wildman–Crippen MR) is 25.1 cm³/mol. The van der Waals surface area contributed by atoms with Gasteiger partial charge >= 0.3 is 0 Å². The van der Waals surface area contributed by atoms with Gasteiger partial charge in [-0.05, 0) is 6.42 Å². The van der Waals surface area contributed by atoms with Crippen LogP contribution < -0.4 is 0 Å². The Morgan fingerprint density at radius 2 is 1.43 bits per heavy atom. The molecule has 0 unspecified atom stereocenters. The maximum Gasteiger partial charge on any atom is 0.0622 e. The summed E-state index contributed by atoms with van der Waals surface area (Å²) in [6.07, 6.45) is 1.73. The monoisotopic (exact) mass is 94.1 g/mol. The number of unbranched alkanes of at least 4 members (excludes halogenated alkanes) is 2. The van der Waals surface area contributed by atoms with Crippen molar-refractivity contribution in [3.05, 3.63) is 0 Å². The van der Waals surface area contributed by atoms with Gasteiger partial charge in [0.25, 0.3) is 0 Å². The smallest absolute Gasteiger partial charge is 0.0622 e. The van der Waals surface area contributed by atoms with E-state index in [4.69, 9.17) is 10.5 Å². The van der Waals surface area contributed by atoms with E-state index in [9.17, 15) is 0 Å². The van der Waals surface area contributed by atoms with Crippen LogP contribution in [0.3, 0.4) is 0 Å². The van der Waals surface area contributed by atoms with Gasteiger partial charge in [-0.25, -0.2) is 0 Å². The maximum atomic E-state index is 7.93. The summed E-state index contributed by atoms with van der Waals surface area (Å²) >= 11 is 0. The molecule has 0 radical (unpaired) electrons. The quantitative estimate of drug-likeness (QED) is 0.483. The molecule has 2 heteroatoms. The molecule has 7 heavy (non-hydrogen) atoms. The molecule has 0 aliphatic heterocycles. The van der Waals surface area contributed by atoms with E-state index in [1.54, 1.807) is 0 Å². The molecule has 0 N–H and O–H groups in total. The summed E-state index contributed by atoms with van der Waals surface area (Å²) in [5.74, 6) is 0. The first kappa shape index (κ1) is 5.98. The Labute approximate surface area is 43.0 Å². The van der Waals surface area contributed by atoms with E-state index in [0.29, 0.717) is 19.3 Å². The highest BCUT2D eigenvalue weighted by molar-refractivity contribution is 4.74. The third kappa shape index (κ3) is 4.98. The normalized spacial score (nSPS) is 6.57. The minimum atomic E-state index is 0.508. The van der Waals surface area contributed by atoms with Crippen molar-refractivity contribution in [2.24, 2.45) is 0 Å². The molecule has 0 spiro atoms. The molecule has 0 rings (SSSR count). The van der Waals surface area contributed by atoms with Crippen LogP contribution in [-0.4, -0.2) is 0 Å². The average molecular weight is 94.1 g/mol. The van der Waals surface area contributed by atoms with Gasteiger partial charge in [0.05, 0.1) is 12.1 Å². The van der Waals surface area contributed by atoms with Gasteiger partial charge in [0, 0.05) is 12.8 Å². The fourth-order valence-corrected chi connectivity index (χ4v) is 0.247. The number of nitrogens with zero attached hydrogens (tertiary/aromatic N) is 2. The van der Waals surface area contributed by atoms with E-state index >= 15 is 0 Å². The first-order valence-corrected chi connectivity index (χ1v) is 2.15. The van der Waals surface area contributed by atoms with Gasteiger partial charge in [0.15, 0.2) is 0 Å². The van der Waals surface area contributed by atoms with Crippen molar-refractivity contribution in [1.29, 1.82) is 10.5 Å². The molecule has 0 saturated heterocycles. The number of hydrogen-bond donors (Lipinski definition) is 0. The molecule has 0 aliphatic carbocycles. The summed E-state index contributed by atoms with van der Waals surface area (Å²) in [7, 11) is 0. The van der Waals surface area contributed by atoms with Crippen LogP contribution in [0.25, 0.3) is 0 Å². The lowest BCUT2D eigenvalue weighted by Gasteiger charge is -1.75. The largest absolute Gasteiger partial charge is 0.198 e. The highest BCUT2D eigenvalue weighted by Crippen LogP contribution is 1.88. The number of rotatable bonds is 2. The van der Waals surface area contributed by atoms with Crippen molar-refractivity contribution in [3.8, 4) is 12.1 Å². The van der Waals surface area contributed by atoms with Gasteiger partial charge in [-0.1, -0.05) is 0 Å². The van der Waals surface area contributed by atoms with Crippen LogP contribution in [-0.2, 0) is 0 Å². The highest BCUT2D eigenvalue weighted by Gasteiger charge is 1.79. The van der Waals surface area contributed by atoms with Crippen molar-refractivity contribution >= 4 is 0 Å². The topological polar surface area (TPSA) is 47.6 Å². The lowest BCUT2D eigenvalue weighted by atomic mass is 10.3. The van der Waals surface area contributed by atoms with Crippen LogP contribution in [0.5, 0.6) is 0 Å². The Morgan fingerprint density at radius 1 is 1.00 bits per heavy atom. The first-order chi connectivity index (χ1) is 3.41. The zero-order chi connectivity index (χ0) is 5.54. The minimum absolute atomic E-state index is 0.508. The molecule has 0 bridgehead atoms. The lowest BCUT2D eigenvalue weighted by Crippen LogP contribution is -1.65. The van der Waals surface area contributed by atoms with Gasteiger partial charge in [-0.3, -0.25) is 0 Å². The summed E-state index contributed by atoms with van der Waals surface area (Å²) in [6.45, 7) is 0. The molecule has 0 aromatic heterocycles. The number of nitriles is 2. The molecule has 0 saturated carbocycles. The third-order valence-electron chi connectivity index (χ3n) is 0.577. The zero-order valence-corrected chi connectivity index (χ0v) is 4.02. The summed E-state index contributed by atoms with van der Waals surface area (Å²) < 4.78 is 0. The predicted octanol–water partition coefficient (Wildman–Crippen LogP) is 1.20. The van der Waals surface area contributed by atoms with E-state index in [1.807, 2.05) is 12.1 Å². The van der Waals surface area contributed by atoms with Crippen LogP contribution >= 0.6 is 0 Å². The summed E-state index contributed by atoms with van der Waals surface area (Å²) in [5, 5.41) is 15.9. The second-order valence-electron chi connectivity index (χ2n) is 1.17. The van der Waals surface area contributed by atoms with E-state index in [2.05, 4.69) is 0 Å². The van der Waals surface area contributed by atoms with Gasteiger partial charge in [0.2, 0.25) is 0 Å². The second kappa shape index (κ2) is 4.98. The zero-order valence-electron chi connectivity index (χ0n) is 4.02. The Morgan fingerprint density at radius 3 is 1.71 bits per heavy atom. The molecule has 36 valence electrons. The minimum Gasteiger partial charge on any atom is -0.198 e. The van der Waals surface area contributed by atoms with Crippen molar-refractivity contribution in [2.75, 3.05) is 0 Å². The van der Waals surface area contributed by atoms with Crippen LogP contribution in [0.4, 0.5) is 0 Å². The molecule has 0 fully saturated rings. The van der Waals surface area contributed by atoms with E-state index in [0.717, 1.165) is 0 Å². The third-order valence-corrected chi connectivity index (χ3v) is 0.577. The molecule has 2 nitrogen and oxygen atoms in total. The van der Waals surface area contributed by atoms with Crippen LogP contribution in [0.15, 0.2) is 0 Å². The van der Waals surface area contributed by atoms with Crippen LogP contribution in [0.1, 0.15) is 19.3 Å². The summed E-state index contributed by atoms with van der Waals surface area (Å²) in [6, 6.07) is 3.90. The van der Waals surface area contributed by atoms with Crippen molar-refractivity contribution in [3.63, 3.8) is 0 Å². The van der Waals surface area contributed by atoms with Gasteiger partial charge in [0.1, 0.15) is 0 Å². The highest BCUT2D eigenvalue weighted by atomic mass is 14.2. The Hall–Kier alpha value is -1.02. The molecular formula is C5H6N2. The maximum absolute atomic E-state index is 7.93. The molecule has 0 heterocycles. The first-order valence-electron chi connectivity index (χ1n) is 2.15. The van der Waals surface area contributed by atoms with Crippen molar-refractivity contribution < 1.29 is 0 Å².